The molecule has 0 aliphatic heterocycles. The molecule has 24 heavy (non-hydrogen) atoms. The topological polar surface area (TPSA) is 90.7 Å². The smallest absolute Gasteiger partial charge is 0.407 e. The Kier molecular flexibility index (Phi) is 6.05. The molecule has 0 fully saturated rings. The molecule has 1 N–H and O–H groups in total. The lowest BCUT2D eigenvalue weighted by Gasteiger charge is -2.22. The number of nitro benzene ring substituents is 1. The number of nitrogens with zero attached hydrogens (tertiary/aromatic N) is 1. The molecule has 1 amide bonds. The van der Waals surface area contributed by atoms with Crippen LogP contribution in [0.2, 0.25) is 0 Å². The van der Waals surface area contributed by atoms with E-state index in [0.29, 0.717) is 0 Å². The van der Waals surface area contributed by atoms with Crippen molar-refractivity contribution in [2.24, 2.45) is 0 Å². The molecule has 1 aromatic carbocycles. The number of amides is 1. The van der Waals surface area contributed by atoms with Crippen LogP contribution in [0.3, 0.4) is 0 Å². The second-order valence-electron chi connectivity index (χ2n) is 6.26. The Morgan fingerprint density at radius 3 is 2.50 bits per heavy atom. The van der Waals surface area contributed by atoms with Gasteiger partial charge in [0.25, 0.3) is 0 Å². The van der Waals surface area contributed by atoms with Crippen LogP contribution in [0.4, 0.5) is 19.3 Å². The second kappa shape index (κ2) is 7.41. The molecule has 0 aliphatic carbocycles. The Bertz CT molecular complexity index is 644. The van der Waals surface area contributed by atoms with Crippen molar-refractivity contribution in [3.63, 3.8) is 0 Å². The van der Waals surface area contributed by atoms with E-state index >= 15 is 0 Å². The van der Waals surface area contributed by atoms with E-state index in [1.807, 2.05) is 0 Å². The first kappa shape index (κ1) is 19.6. The molecule has 1 aromatic rings. The zero-order chi connectivity index (χ0) is 18.7. The normalized spacial score (nSPS) is 12.5. The van der Waals surface area contributed by atoms with E-state index in [9.17, 15) is 23.7 Å². The van der Waals surface area contributed by atoms with E-state index in [4.69, 9.17) is 9.47 Å². The van der Waals surface area contributed by atoms with Gasteiger partial charge in [-0.25, -0.2) is 9.18 Å². The summed E-state index contributed by atoms with van der Waals surface area (Å²) in [6, 6.07) is 0.142. The van der Waals surface area contributed by atoms with Gasteiger partial charge in [0.2, 0.25) is 11.6 Å². The third-order valence-corrected chi connectivity index (χ3v) is 2.82. The third kappa shape index (κ3) is 5.32. The molecule has 1 rings (SSSR count). The van der Waals surface area contributed by atoms with Gasteiger partial charge in [-0.2, -0.15) is 4.39 Å². The van der Waals surface area contributed by atoms with Crippen molar-refractivity contribution in [3.8, 4) is 5.75 Å². The molecule has 0 saturated heterocycles. The number of nitrogens with one attached hydrogen (secondary N) is 1. The summed E-state index contributed by atoms with van der Waals surface area (Å²) < 4.78 is 37.6. The monoisotopic (exact) mass is 346 g/mol. The molecule has 0 spiro atoms. The predicted molar refractivity (Wildman–Crippen MR) is 82.1 cm³/mol. The zero-order valence-corrected chi connectivity index (χ0v) is 14.1. The lowest BCUT2D eigenvalue weighted by Crippen LogP contribution is -2.40. The van der Waals surface area contributed by atoms with E-state index in [1.54, 1.807) is 27.7 Å². The fraction of sp³-hybridized carbons (Fsp3) is 0.533. The van der Waals surface area contributed by atoms with Crippen molar-refractivity contribution in [2.75, 3.05) is 6.61 Å². The van der Waals surface area contributed by atoms with E-state index < -0.39 is 51.3 Å². The van der Waals surface area contributed by atoms with Gasteiger partial charge in [-0.3, -0.25) is 10.1 Å². The number of hydrogen-bond acceptors (Lipinski definition) is 5. The Morgan fingerprint density at radius 2 is 2.00 bits per heavy atom. The van der Waals surface area contributed by atoms with Gasteiger partial charge in [0, 0.05) is 11.6 Å². The number of nitro groups is 1. The molecular weight excluding hydrogens is 326 g/mol. The van der Waals surface area contributed by atoms with Crippen LogP contribution >= 0.6 is 0 Å². The average molecular weight is 346 g/mol. The molecule has 0 radical (unpaired) electrons. The van der Waals surface area contributed by atoms with Gasteiger partial charge < -0.3 is 14.8 Å². The minimum Gasteiger partial charge on any atom is -0.484 e. The van der Waals surface area contributed by atoms with E-state index in [1.165, 1.54) is 0 Å². The molecule has 0 aromatic heterocycles. The minimum absolute atomic E-state index is 0.234. The molecule has 134 valence electrons. The molecule has 0 aliphatic rings. The molecule has 9 heteroatoms. The van der Waals surface area contributed by atoms with Crippen molar-refractivity contribution in [3.05, 3.63) is 33.4 Å². The van der Waals surface area contributed by atoms with Crippen molar-refractivity contribution >= 4 is 11.8 Å². The van der Waals surface area contributed by atoms with Crippen LogP contribution in [0.25, 0.3) is 0 Å². The summed E-state index contributed by atoms with van der Waals surface area (Å²) in [6.07, 6.45) is -0.700. The van der Waals surface area contributed by atoms with Crippen molar-refractivity contribution in [1.82, 2.24) is 5.32 Å². The molecule has 7 nitrogen and oxygen atoms in total. The van der Waals surface area contributed by atoms with Crippen molar-refractivity contribution in [2.45, 2.75) is 46.3 Å². The number of benzene rings is 1. The lowest BCUT2D eigenvalue weighted by molar-refractivity contribution is -0.388. The number of hydrogen-bond donors (Lipinski definition) is 1. The van der Waals surface area contributed by atoms with E-state index in [0.717, 1.165) is 13.0 Å². The Balaban J connectivity index is 2.80. The largest absolute Gasteiger partial charge is 0.484 e. The fourth-order valence-corrected chi connectivity index (χ4v) is 1.73. The molecule has 0 bridgehead atoms. The van der Waals surface area contributed by atoms with Gasteiger partial charge in [0.05, 0.1) is 11.0 Å². The highest BCUT2D eigenvalue weighted by atomic mass is 19.1. The van der Waals surface area contributed by atoms with Gasteiger partial charge in [-0.05, 0) is 34.6 Å². The number of halogens is 2. The van der Waals surface area contributed by atoms with Crippen LogP contribution in [0, 0.1) is 28.7 Å². The number of rotatable bonds is 5. The van der Waals surface area contributed by atoms with Crippen LogP contribution in [0.1, 0.15) is 33.3 Å². The third-order valence-electron chi connectivity index (χ3n) is 2.82. The number of carbonyl (C=O) groups is 1. The highest BCUT2D eigenvalue weighted by Gasteiger charge is 2.27. The molecule has 0 unspecified atom stereocenters. The Morgan fingerprint density at radius 1 is 1.42 bits per heavy atom. The first-order valence-corrected chi connectivity index (χ1v) is 7.17. The van der Waals surface area contributed by atoms with Gasteiger partial charge in [0.15, 0.2) is 0 Å². The molecule has 0 heterocycles. The van der Waals surface area contributed by atoms with Crippen LogP contribution in [-0.4, -0.2) is 29.3 Å². The van der Waals surface area contributed by atoms with Crippen LogP contribution in [0.15, 0.2) is 6.07 Å². The summed E-state index contributed by atoms with van der Waals surface area (Å²) in [5, 5.41) is 13.4. The number of alkyl carbamates (subject to hydrolysis) is 1. The fourth-order valence-electron chi connectivity index (χ4n) is 1.73. The van der Waals surface area contributed by atoms with Gasteiger partial charge in [-0.15, -0.1) is 0 Å². The first-order valence-electron chi connectivity index (χ1n) is 7.17. The predicted octanol–water partition coefficient (Wildman–Crippen LogP) is 3.47. The summed E-state index contributed by atoms with van der Waals surface area (Å²) in [6.45, 7) is 7.48. The summed E-state index contributed by atoms with van der Waals surface area (Å²) in [4.78, 5) is 21.6. The summed E-state index contributed by atoms with van der Waals surface area (Å²) in [7, 11) is 0. The van der Waals surface area contributed by atoms with Gasteiger partial charge in [0.1, 0.15) is 18.0 Å². The quantitative estimate of drug-likeness (QED) is 0.651. The molecular formula is C15H20F2N2O5. The van der Waals surface area contributed by atoms with Crippen molar-refractivity contribution in [1.29, 1.82) is 0 Å². The minimum atomic E-state index is -1.29. The van der Waals surface area contributed by atoms with Crippen LogP contribution in [0.5, 0.6) is 5.75 Å². The lowest BCUT2D eigenvalue weighted by atomic mass is 10.2. The molecule has 0 saturated carbocycles. The summed E-state index contributed by atoms with van der Waals surface area (Å²) in [5.41, 5.74) is -2.10. The van der Waals surface area contributed by atoms with Crippen LogP contribution in [-0.2, 0) is 4.74 Å². The summed E-state index contributed by atoms with van der Waals surface area (Å²) in [5.74, 6) is -2.79. The van der Waals surface area contributed by atoms with E-state index in [-0.39, 0.29) is 6.61 Å². The standard InChI is InChI=1S/C15H20F2N2O5/c1-8(18-14(20)24-15(3,4)5)7-23-11-6-10(16)9(2)12(17)13(11)19(21)22/h6,8H,7H2,1-5H3,(H,18,20)/t8-/m0/s1. The maximum absolute atomic E-state index is 13.8. The highest BCUT2D eigenvalue weighted by molar-refractivity contribution is 5.68. The first-order chi connectivity index (χ1) is 10.9. The average Bonchev–Trinajstić information content (AvgIpc) is 2.39. The Hall–Kier alpha value is -2.45. The molecule has 1 atom stereocenters. The Labute approximate surface area is 138 Å². The van der Waals surface area contributed by atoms with Gasteiger partial charge >= 0.3 is 11.8 Å². The van der Waals surface area contributed by atoms with Crippen LogP contribution < -0.4 is 10.1 Å². The number of carbonyl (C=O) groups excluding carboxylic acids is 1. The van der Waals surface area contributed by atoms with Crippen molar-refractivity contribution < 1.29 is 28.0 Å². The van der Waals surface area contributed by atoms with Gasteiger partial charge in [-0.1, -0.05) is 0 Å². The summed E-state index contributed by atoms with van der Waals surface area (Å²) >= 11 is 0. The zero-order valence-electron chi connectivity index (χ0n) is 14.1. The number of ether oxygens (including phenoxy) is 2. The maximum atomic E-state index is 13.8. The SMILES string of the molecule is Cc1c(F)cc(OC[C@H](C)NC(=O)OC(C)(C)C)c([N+](=O)[O-])c1F. The van der Waals surface area contributed by atoms with E-state index in [2.05, 4.69) is 5.32 Å². The maximum Gasteiger partial charge on any atom is 0.407 e. The highest BCUT2D eigenvalue weighted by Crippen LogP contribution is 2.33. The second-order valence-corrected chi connectivity index (χ2v) is 6.26.